The summed E-state index contributed by atoms with van der Waals surface area (Å²) in [5, 5.41) is 13.9. The van der Waals surface area contributed by atoms with Crippen LogP contribution in [-0.2, 0) is 6.54 Å². The summed E-state index contributed by atoms with van der Waals surface area (Å²) in [7, 11) is 0. The van der Waals surface area contributed by atoms with Crippen LogP contribution in [0.2, 0.25) is 0 Å². The third-order valence-electron chi connectivity index (χ3n) is 4.05. The van der Waals surface area contributed by atoms with Gasteiger partial charge in [-0.15, -0.1) is 0 Å². The molecule has 6 nitrogen and oxygen atoms in total. The predicted octanol–water partition coefficient (Wildman–Crippen LogP) is 3.71. The van der Waals surface area contributed by atoms with Crippen LogP contribution in [0.15, 0.2) is 73.1 Å². The van der Waals surface area contributed by atoms with Gasteiger partial charge < -0.3 is 5.32 Å². The molecule has 0 fully saturated rings. The molecule has 2 aromatic carbocycles. The van der Waals surface area contributed by atoms with Crippen LogP contribution in [0.4, 0.5) is 10.1 Å². The second kappa shape index (κ2) is 7.25. The van der Waals surface area contributed by atoms with Crippen molar-refractivity contribution in [3.05, 3.63) is 90.1 Å². The van der Waals surface area contributed by atoms with E-state index in [9.17, 15) is 9.18 Å². The first kappa shape index (κ1) is 16.7. The Kier molecular flexibility index (Phi) is 4.49. The highest BCUT2D eigenvalue weighted by atomic mass is 19.1. The van der Waals surface area contributed by atoms with Crippen LogP contribution in [0, 0.1) is 5.82 Å². The number of benzene rings is 2. The van der Waals surface area contributed by atoms with Crippen LogP contribution >= 0.6 is 0 Å². The summed E-state index contributed by atoms with van der Waals surface area (Å²) in [6.07, 6.45) is 3.61. The van der Waals surface area contributed by atoms with E-state index in [1.807, 2.05) is 41.2 Å². The first-order valence-corrected chi connectivity index (χ1v) is 8.36. The van der Waals surface area contributed by atoms with E-state index in [0.717, 1.165) is 11.1 Å². The van der Waals surface area contributed by atoms with Crippen molar-refractivity contribution in [2.75, 3.05) is 5.32 Å². The van der Waals surface area contributed by atoms with Gasteiger partial charge in [0.1, 0.15) is 11.5 Å². The summed E-state index contributed by atoms with van der Waals surface area (Å²) in [4.78, 5) is 12.5. The van der Waals surface area contributed by atoms with Gasteiger partial charge in [0.2, 0.25) is 0 Å². The fourth-order valence-corrected chi connectivity index (χ4v) is 2.73. The minimum Gasteiger partial charge on any atom is -0.321 e. The monoisotopic (exact) mass is 361 g/mol. The zero-order valence-corrected chi connectivity index (χ0v) is 14.3. The molecular weight excluding hydrogens is 345 g/mol. The van der Waals surface area contributed by atoms with Gasteiger partial charge in [0.25, 0.3) is 5.91 Å². The van der Waals surface area contributed by atoms with Crippen molar-refractivity contribution in [2.45, 2.75) is 6.54 Å². The molecule has 4 aromatic rings. The number of hydrogen-bond acceptors (Lipinski definition) is 3. The number of nitrogens with zero attached hydrogens (tertiary/aromatic N) is 3. The van der Waals surface area contributed by atoms with Crippen molar-refractivity contribution in [3.8, 4) is 11.3 Å². The number of amides is 1. The van der Waals surface area contributed by atoms with Gasteiger partial charge in [-0.25, -0.2) is 4.39 Å². The third-order valence-corrected chi connectivity index (χ3v) is 4.05. The standard InChI is InChI=1S/C20H16FN5O/c21-16-7-5-15(6-8-16)18-12-19(25-24-18)20(27)23-17-4-1-3-14(11-17)13-26-10-2-9-22-26/h1-12H,13H2,(H,23,27)(H,24,25). The van der Waals surface area contributed by atoms with E-state index in [4.69, 9.17) is 0 Å². The van der Waals surface area contributed by atoms with Crippen LogP contribution < -0.4 is 5.32 Å². The Bertz CT molecular complexity index is 1050. The van der Waals surface area contributed by atoms with Gasteiger partial charge in [0.15, 0.2) is 0 Å². The molecule has 0 aliphatic rings. The van der Waals surface area contributed by atoms with E-state index < -0.39 is 0 Å². The van der Waals surface area contributed by atoms with E-state index in [2.05, 4.69) is 20.6 Å². The molecule has 0 spiro atoms. The summed E-state index contributed by atoms with van der Waals surface area (Å²) in [5.74, 6) is -0.616. The first-order chi connectivity index (χ1) is 13.2. The summed E-state index contributed by atoms with van der Waals surface area (Å²) in [6, 6.07) is 17.0. The lowest BCUT2D eigenvalue weighted by Crippen LogP contribution is -2.12. The third kappa shape index (κ3) is 3.92. The van der Waals surface area contributed by atoms with Gasteiger partial charge in [-0.2, -0.15) is 10.2 Å². The number of carbonyl (C=O) groups excluding carboxylic acids is 1. The summed E-state index contributed by atoms with van der Waals surface area (Å²) in [5.41, 5.74) is 3.34. The predicted molar refractivity (Wildman–Crippen MR) is 99.7 cm³/mol. The van der Waals surface area contributed by atoms with Crippen molar-refractivity contribution >= 4 is 11.6 Å². The zero-order valence-electron chi connectivity index (χ0n) is 14.3. The van der Waals surface area contributed by atoms with Crippen molar-refractivity contribution in [3.63, 3.8) is 0 Å². The molecule has 0 radical (unpaired) electrons. The number of aromatic amines is 1. The molecule has 0 aliphatic carbocycles. The van der Waals surface area contributed by atoms with E-state index in [-0.39, 0.29) is 11.7 Å². The number of halogens is 1. The van der Waals surface area contributed by atoms with Crippen LogP contribution in [0.1, 0.15) is 16.1 Å². The second-order valence-electron chi connectivity index (χ2n) is 6.03. The first-order valence-electron chi connectivity index (χ1n) is 8.36. The number of hydrogen-bond donors (Lipinski definition) is 2. The van der Waals surface area contributed by atoms with Crippen LogP contribution in [0.3, 0.4) is 0 Å². The number of nitrogens with one attached hydrogen (secondary N) is 2. The van der Waals surface area contributed by atoms with Gasteiger partial charge in [0.05, 0.1) is 12.2 Å². The molecular formula is C20H16FN5O. The maximum atomic E-state index is 13.0. The van der Waals surface area contributed by atoms with E-state index in [1.165, 1.54) is 12.1 Å². The average Bonchev–Trinajstić information content (AvgIpc) is 3.35. The minimum absolute atomic E-state index is 0.299. The number of H-pyrrole nitrogens is 1. The highest BCUT2D eigenvalue weighted by Gasteiger charge is 2.12. The fourth-order valence-electron chi connectivity index (χ4n) is 2.73. The normalized spacial score (nSPS) is 10.7. The molecule has 0 atom stereocenters. The SMILES string of the molecule is O=C(Nc1cccc(Cn2cccn2)c1)c1cc(-c2ccc(F)cc2)n[nH]1. The molecule has 1 amide bonds. The Labute approximate surface area is 154 Å². The maximum Gasteiger partial charge on any atom is 0.273 e. The average molecular weight is 361 g/mol. The molecule has 0 bridgehead atoms. The van der Waals surface area contributed by atoms with E-state index in [0.29, 0.717) is 23.6 Å². The number of aromatic nitrogens is 4. The summed E-state index contributed by atoms with van der Waals surface area (Å²) in [6.45, 7) is 0.621. The molecule has 0 unspecified atom stereocenters. The molecule has 2 heterocycles. The number of anilines is 1. The molecule has 4 rings (SSSR count). The molecule has 134 valence electrons. The largest absolute Gasteiger partial charge is 0.321 e. The maximum absolute atomic E-state index is 13.0. The quantitative estimate of drug-likeness (QED) is 0.569. The van der Waals surface area contributed by atoms with Gasteiger partial charge in [-0.05, 0) is 54.1 Å². The van der Waals surface area contributed by atoms with Crippen molar-refractivity contribution in [1.29, 1.82) is 0 Å². The molecule has 27 heavy (non-hydrogen) atoms. The molecule has 0 saturated carbocycles. The highest BCUT2D eigenvalue weighted by Crippen LogP contribution is 2.19. The van der Waals surface area contributed by atoms with Gasteiger partial charge in [0, 0.05) is 23.6 Å². The lowest BCUT2D eigenvalue weighted by atomic mass is 10.1. The van der Waals surface area contributed by atoms with E-state index >= 15 is 0 Å². The fraction of sp³-hybridized carbons (Fsp3) is 0.0500. The summed E-state index contributed by atoms with van der Waals surface area (Å²) < 4.78 is 14.8. The highest BCUT2D eigenvalue weighted by molar-refractivity contribution is 6.03. The molecule has 2 aromatic heterocycles. The minimum atomic E-state index is -0.317. The lowest BCUT2D eigenvalue weighted by molar-refractivity contribution is 0.102. The summed E-state index contributed by atoms with van der Waals surface area (Å²) >= 11 is 0. The molecule has 0 aliphatic heterocycles. The van der Waals surface area contributed by atoms with Crippen LogP contribution in [0.25, 0.3) is 11.3 Å². The van der Waals surface area contributed by atoms with Crippen molar-refractivity contribution in [1.82, 2.24) is 20.0 Å². The Morgan fingerprint density at radius 3 is 2.74 bits per heavy atom. The Hall–Kier alpha value is -3.74. The zero-order chi connectivity index (χ0) is 18.6. The smallest absolute Gasteiger partial charge is 0.273 e. The lowest BCUT2D eigenvalue weighted by Gasteiger charge is -2.07. The number of rotatable bonds is 5. The van der Waals surface area contributed by atoms with E-state index in [1.54, 1.807) is 24.4 Å². The Morgan fingerprint density at radius 1 is 1.11 bits per heavy atom. The number of carbonyl (C=O) groups is 1. The van der Waals surface area contributed by atoms with Crippen molar-refractivity contribution in [2.24, 2.45) is 0 Å². The molecule has 7 heteroatoms. The Balaban J connectivity index is 1.47. The van der Waals surface area contributed by atoms with Gasteiger partial charge in [-0.1, -0.05) is 12.1 Å². The molecule has 0 saturated heterocycles. The van der Waals surface area contributed by atoms with Crippen LogP contribution in [-0.4, -0.2) is 25.9 Å². The van der Waals surface area contributed by atoms with Crippen molar-refractivity contribution < 1.29 is 9.18 Å². The van der Waals surface area contributed by atoms with Gasteiger partial charge >= 0.3 is 0 Å². The Morgan fingerprint density at radius 2 is 1.96 bits per heavy atom. The topological polar surface area (TPSA) is 75.6 Å². The van der Waals surface area contributed by atoms with Gasteiger partial charge in [-0.3, -0.25) is 14.6 Å². The molecule has 2 N–H and O–H groups in total. The second-order valence-corrected chi connectivity index (χ2v) is 6.03. The van der Waals surface area contributed by atoms with Crippen LogP contribution in [0.5, 0.6) is 0 Å².